The van der Waals surface area contributed by atoms with Gasteiger partial charge in [0.15, 0.2) is 11.5 Å². The van der Waals surface area contributed by atoms with Crippen LogP contribution in [0.3, 0.4) is 0 Å². The molecule has 0 spiro atoms. The van der Waals surface area contributed by atoms with Crippen LogP contribution in [0.5, 0.6) is 11.5 Å². The number of hydrogen-bond acceptors (Lipinski definition) is 3. The van der Waals surface area contributed by atoms with Crippen molar-refractivity contribution in [3.63, 3.8) is 0 Å². The first kappa shape index (κ1) is 17.1. The first-order chi connectivity index (χ1) is 10.1. The molecule has 21 heavy (non-hydrogen) atoms. The van der Waals surface area contributed by atoms with Gasteiger partial charge in [0, 0.05) is 6.08 Å². The summed E-state index contributed by atoms with van der Waals surface area (Å²) in [5, 5.41) is 8.93. The molecule has 0 bridgehead atoms. The topological polar surface area (TPSA) is 55.8 Å². The van der Waals surface area contributed by atoms with Gasteiger partial charge in [-0.2, -0.15) is 0 Å². The van der Waals surface area contributed by atoms with Gasteiger partial charge in [-0.1, -0.05) is 26.8 Å². The lowest BCUT2D eigenvalue weighted by Crippen LogP contribution is -2.02. The molecule has 4 heteroatoms. The summed E-state index contributed by atoms with van der Waals surface area (Å²) < 4.78 is 11.4. The smallest absolute Gasteiger partial charge is 0.328 e. The second-order valence-electron chi connectivity index (χ2n) is 4.72. The van der Waals surface area contributed by atoms with E-state index >= 15 is 0 Å². The molecule has 0 radical (unpaired) electrons. The van der Waals surface area contributed by atoms with E-state index in [0.717, 1.165) is 24.0 Å². The predicted molar refractivity (Wildman–Crippen MR) is 83.9 cm³/mol. The standard InChI is InChI=1S/C17H24O4/c1-4-9-20-15-8-7-14(11-16(15)21-10-5-2)13(6-3)12-17(18)19/h7-8,11-12H,4-6,9-10H2,1-3H3,(H,18,19)/b13-12+. The maximum Gasteiger partial charge on any atom is 0.328 e. The summed E-state index contributed by atoms with van der Waals surface area (Å²) >= 11 is 0. The number of carboxylic acids is 1. The highest BCUT2D eigenvalue weighted by Gasteiger charge is 2.09. The van der Waals surface area contributed by atoms with Crippen molar-refractivity contribution in [1.29, 1.82) is 0 Å². The normalized spacial score (nSPS) is 11.3. The summed E-state index contributed by atoms with van der Waals surface area (Å²) in [5.41, 5.74) is 1.63. The van der Waals surface area contributed by atoms with E-state index < -0.39 is 5.97 Å². The van der Waals surface area contributed by atoms with Crippen LogP contribution >= 0.6 is 0 Å². The second kappa shape index (κ2) is 9.06. The zero-order valence-corrected chi connectivity index (χ0v) is 13.0. The lowest BCUT2D eigenvalue weighted by atomic mass is 10.0. The van der Waals surface area contributed by atoms with Gasteiger partial charge in [-0.15, -0.1) is 0 Å². The van der Waals surface area contributed by atoms with Crippen molar-refractivity contribution in [1.82, 2.24) is 0 Å². The van der Waals surface area contributed by atoms with Crippen LogP contribution < -0.4 is 9.47 Å². The molecule has 0 amide bonds. The Bertz CT molecular complexity index is 492. The molecule has 1 aromatic carbocycles. The van der Waals surface area contributed by atoms with Gasteiger partial charge in [0.1, 0.15) is 0 Å². The summed E-state index contributed by atoms with van der Waals surface area (Å²) in [6, 6.07) is 5.59. The Morgan fingerprint density at radius 3 is 2.24 bits per heavy atom. The van der Waals surface area contributed by atoms with Gasteiger partial charge < -0.3 is 14.6 Å². The van der Waals surface area contributed by atoms with E-state index in [-0.39, 0.29) is 0 Å². The molecule has 0 saturated heterocycles. The van der Waals surface area contributed by atoms with Crippen molar-refractivity contribution in [2.75, 3.05) is 13.2 Å². The fourth-order valence-corrected chi connectivity index (χ4v) is 1.90. The second-order valence-corrected chi connectivity index (χ2v) is 4.72. The number of carbonyl (C=O) groups is 1. The zero-order valence-electron chi connectivity index (χ0n) is 13.0. The Morgan fingerprint density at radius 2 is 1.71 bits per heavy atom. The maximum absolute atomic E-state index is 10.9. The molecule has 0 aliphatic heterocycles. The molecule has 0 heterocycles. The summed E-state index contributed by atoms with van der Waals surface area (Å²) in [5.74, 6) is 0.446. The molecule has 0 aromatic heterocycles. The Kier molecular flexibility index (Phi) is 7.37. The molecule has 0 unspecified atom stereocenters. The molecule has 0 aliphatic carbocycles. The fourth-order valence-electron chi connectivity index (χ4n) is 1.90. The van der Waals surface area contributed by atoms with Crippen molar-refractivity contribution >= 4 is 11.5 Å². The third-order valence-corrected chi connectivity index (χ3v) is 2.92. The molecule has 0 saturated carbocycles. The van der Waals surface area contributed by atoms with E-state index in [9.17, 15) is 4.79 Å². The highest BCUT2D eigenvalue weighted by atomic mass is 16.5. The van der Waals surface area contributed by atoms with Crippen molar-refractivity contribution in [3.8, 4) is 11.5 Å². The Morgan fingerprint density at radius 1 is 1.10 bits per heavy atom. The Balaban J connectivity index is 3.09. The Hall–Kier alpha value is -1.97. The number of rotatable bonds is 9. The van der Waals surface area contributed by atoms with Crippen molar-refractivity contribution in [2.45, 2.75) is 40.0 Å². The highest BCUT2D eigenvalue weighted by Crippen LogP contribution is 2.32. The number of aliphatic carboxylic acids is 1. The average Bonchev–Trinajstić information content (AvgIpc) is 2.48. The van der Waals surface area contributed by atoms with Crippen LogP contribution in [0.4, 0.5) is 0 Å². The minimum Gasteiger partial charge on any atom is -0.490 e. The van der Waals surface area contributed by atoms with Gasteiger partial charge in [0.2, 0.25) is 0 Å². The lowest BCUT2D eigenvalue weighted by molar-refractivity contribution is -0.131. The SMILES string of the molecule is CCCOc1ccc(/C(=C/C(=O)O)CC)cc1OCCC. The van der Waals surface area contributed by atoms with Gasteiger partial charge in [0.25, 0.3) is 0 Å². The van der Waals surface area contributed by atoms with Crippen molar-refractivity contribution in [2.24, 2.45) is 0 Å². The van der Waals surface area contributed by atoms with Gasteiger partial charge in [0.05, 0.1) is 13.2 Å². The number of benzene rings is 1. The van der Waals surface area contributed by atoms with Crippen LogP contribution in [0, 0.1) is 0 Å². The number of carboxylic acid groups (broad SMARTS) is 1. The van der Waals surface area contributed by atoms with E-state index in [1.807, 2.05) is 39.0 Å². The highest BCUT2D eigenvalue weighted by molar-refractivity contribution is 5.90. The molecular weight excluding hydrogens is 268 g/mol. The summed E-state index contributed by atoms with van der Waals surface area (Å²) in [6.07, 6.45) is 3.72. The van der Waals surface area contributed by atoms with E-state index in [1.165, 1.54) is 6.08 Å². The lowest BCUT2D eigenvalue weighted by Gasteiger charge is -2.14. The number of allylic oxidation sites excluding steroid dienone is 1. The van der Waals surface area contributed by atoms with E-state index in [0.29, 0.717) is 31.1 Å². The maximum atomic E-state index is 10.9. The van der Waals surface area contributed by atoms with Gasteiger partial charge in [-0.05, 0) is 42.5 Å². The molecule has 0 atom stereocenters. The number of hydrogen-bond donors (Lipinski definition) is 1. The molecule has 1 aromatic rings. The average molecular weight is 292 g/mol. The quantitative estimate of drug-likeness (QED) is 0.695. The van der Waals surface area contributed by atoms with Crippen LogP contribution in [0.1, 0.15) is 45.6 Å². The molecule has 0 aliphatic rings. The minimum atomic E-state index is -0.936. The van der Waals surface area contributed by atoms with Crippen LogP contribution in [-0.4, -0.2) is 24.3 Å². The van der Waals surface area contributed by atoms with Crippen LogP contribution in [0.2, 0.25) is 0 Å². The first-order valence-corrected chi connectivity index (χ1v) is 7.45. The van der Waals surface area contributed by atoms with Crippen LogP contribution in [-0.2, 0) is 4.79 Å². The van der Waals surface area contributed by atoms with Crippen molar-refractivity contribution in [3.05, 3.63) is 29.8 Å². The van der Waals surface area contributed by atoms with Crippen molar-refractivity contribution < 1.29 is 19.4 Å². The summed E-state index contributed by atoms with van der Waals surface area (Å²) in [6.45, 7) is 7.26. The predicted octanol–water partition coefficient (Wildman–Crippen LogP) is 4.14. The Labute approximate surface area is 126 Å². The molecule has 1 rings (SSSR count). The molecular formula is C17H24O4. The monoisotopic (exact) mass is 292 g/mol. The largest absolute Gasteiger partial charge is 0.490 e. The van der Waals surface area contributed by atoms with Gasteiger partial charge in [-0.3, -0.25) is 0 Å². The van der Waals surface area contributed by atoms with Gasteiger partial charge >= 0.3 is 5.97 Å². The summed E-state index contributed by atoms with van der Waals surface area (Å²) in [7, 11) is 0. The van der Waals surface area contributed by atoms with E-state index in [1.54, 1.807) is 0 Å². The van der Waals surface area contributed by atoms with E-state index in [4.69, 9.17) is 14.6 Å². The minimum absolute atomic E-state index is 0.607. The third kappa shape index (κ3) is 5.50. The van der Waals surface area contributed by atoms with Crippen LogP contribution in [0.15, 0.2) is 24.3 Å². The fraction of sp³-hybridized carbons (Fsp3) is 0.471. The number of ether oxygens (including phenoxy) is 2. The van der Waals surface area contributed by atoms with Crippen LogP contribution in [0.25, 0.3) is 5.57 Å². The molecule has 0 fully saturated rings. The molecule has 116 valence electrons. The van der Waals surface area contributed by atoms with Gasteiger partial charge in [-0.25, -0.2) is 4.79 Å². The molecule has 4 nitrogen and oxygen atoms in total. The zero-order chi connectivity index (χ0) is 15.7. The van der Waals surface area contributed by atoms with E-state index in [2.05, 4.69) is 0 Å². The summed E-state index contributed by atoms with van der Waals surface area (Å²) in [4.78, 5) is 10.9. The first-order valence-electron chi connectivity index (χ1n) is 7.45. The molecule has 1 N–H and O–H groups in total. The third-order valence-electron chi connectivity index (χ3n) is 2.92.